The Bertz CT molecular complexity index is 103. The molecule has 0 spiro atoms. The first kappa shape index (κ1) is 11.7. The van der Waals surface area contributed by atoms with Gasteiger partial charge in [-0.2, -0.15) is 0 Å². The van der Waals surface area contributed by atoms with Crippen molar-refractivity contribution in [2.45, 2.75) is 52.9 Å². The van der Waals surface area contributed by atoms with Gasteiger partial charge in [0, 0.05) is 0 Å². The monoisotopic (exact) mass is 167 g/mol. The summed E-state index contributed by atoms with van der Waals surface area (Å²) in [6, 6.07) is 0. The van der Waals surface area contributed by atoms with Gasteiger partial charge in [-0.25, -0.2) is 0 Å². The lowest BCUT2D eigenvalue weighted by molar-refractivity contribution is 0.479. The van der Waals surface area contributed by atoms with Crippen LogP contribution in [0.25, 0.3) is 0 Å². The molecule has 0 amide bonds. The number of allylic oxidation sites excluding steroid dienone is 1. The minimum Gasteiger partial charge on any atom is -0.103 e. The van der Waals surface area contributed by atoms with Crippen LogP contribution in [0.5, 0.6) is 0 Å². The van der Waals surface area contributed by atoms with E-state index in [9.17, 15) is 0 Å². The molecule has 1 atom stereocenters. The predicted octanol–water partition coefficient (Wildman–Crippen LogP) is 4.37. The molecule has 0 aromatic heterocycles. The van der Waals surface area contributed by atoms with Crippen molar-refractivity contribution < 1.29 is 0 Å². The SMILES string of the molecule is C=CCC(CCCCC)[C](C)C. The van der Waals surface area contributed by atoms with Crippen LogP contribution >= 0.6 is 0 Å². The molecular formula is C12H23. The Kier molecular flexibility index (Phi) is 7.23. The molecule has 0 rings (SSSR count). The third kappa shape index (κ3) is 5.40. The fourth-order valence-corrected chi connectivity index (χ4v) is 1.48. The van der Waals surface area contributed by atoms with Gasteiger partial charge in [-0.3, -0.25) is 0 Å². The molecule has 0 aliphatic heterocycles. The first-order chi connectivity index (χ1) is 5.72. The molecule has 0 nitrogen and oxygen atoms in total. The lowest BCUT2D eigenvalue weighted by Gasteiger charge is -2.18. The average Bonchev–Trinajstić information content (AvgIpc) is 2.03. The second-order valence-electron chi connectivity index (χ2n) is 3.79. The second kappa shape index (κ2) is 7.39. The van der Waals surface area contributed by atoms with E-state index in [1.54, 1.807) is 5.92 Å². The van der Waals surface area contributed by atoms with Gasteiger partial charge >= 0.3 is 0 Å². The van der Waals surface area contributed by atoms with Crippen LogP contribution in [0, 0.1) is 11.8 Å². The highest BCUT2D eigenvalue weighted by molar-refractivity contribution is 4.90. The van der Waals surface area contributed by atoms with E-state index in [2.05, 4.69) is 27.4 Å². The standard InChI is InChI=1S/C12H23/c1-5-7-8-10-12(9-6-2)11(3)4/h6,12H,2,5,7-10H2,1,3-4H3. The molecule has 12 heavy (non-hydrogen) atoms. The van der Waals surface area contributed by atoms with Crippen molar-refractivity contribution in [3.8, 4) is 0 Å². The van der Waals surface area contributed by atoms with E-state index in [1.807, 2.05) is 6.08 Å². The molecule has 0 aromatic carbocycles. The summed E-state index contributed by atoms with van der Waals surface area (Å²) >= 11 is 0. The summed E-state index contributed by atoms with van der Waals surface area (Å²) < 4.78 is 0. The highest BCUT2D eigenvalue weighted by Gasteiger charge is 2.10. The summed E-state index contributed by atoms with van der Waals surface area (Å²) in [6.45, 7) is 10.5. The maximum absolute atomic E-state index is 3.80. The fraction of sp³-hybridized carbons (Fsp3) is 0.750. The van der Waals surface area contributed by atoms with Crippen molar-refractivity contribution in [1.29, 1.82) is 0 Å². The van der Waals surface area contributed by atoms with E-state index in [0.717, 1.165) is 12.3 Å². The van der Waals surface area contributed by atoms with E-state index in [-0.39, 0.29) is 0 Å². The Balaban J connectivity index is 3.55. The van der Waals surface area contributed by atoms with Crippen molar-refractivity contribution in [2.24, 2.45) is 5.92 Å². The molecule has 0 fully saturated rings. The van der Waals surface area contributed by atoms with Gasteiger partial charge in [0.15, 0.2) is 0 Å². The number of hydrogen-bond donors (Lipinski definition) is 0. The van der Waals surface area contributed by atoms with Gasteiger partial charge in [-0.15, -0.1) is 6.58 Å². The first-order valence-corrected chi connectivity index (χ1v) is 5.13. The van der Waals surface area contributed by atoms with Crippen molar-refractivity contribution in [3.05, 3.63) is 18.6 Å². The quantitative estimate of drug-likeness (QED) is 0.390. The zero-order valence-electron chi connectivity index (χ0n) is 8.90. The minimum atomic E-state index is 0.786. The number of hydrogen-bond acceptors (Lipinski definition) is 0. The first-order valence-electron chi connectivity index (χ1n) is 5.13. The summed E-state index contributed by atoms with van der Waals surface area (Å²) in [4.78, 5) is 0. The lowest BCUT2D eigenvalue weighted by atomic mass is 9.88. The average molecular weight is 167 g/mol. The molecule has 0 heterocycles. The maximum Gasteiger partial charge on any atom is -0.0269 e. The van der Waals surface area contributed by atoms with Crippen molar-refractivity contribution >= 4 is 0 Å². The predicted molar refractivity (Wildman–Crippen MR) is 57.0 cm³/mol. The van der Waals surface area contributed by atoms with Crippen LogP contribution in [0.4, 0.5) is 0 Å². The molecule has 0 bridgehead atoms. The van der Waals surface area contributed by atoms with Gasteiger partial charge < -0.3 is 0 Å². The Morgan fingerprint density at radius 3 is 2.42 bits per heavy atom. The number of rotatable bonds is 7. The fourth-order valence-electron chi connectivity index (χ4n) is 1.48. The van der Waals surface area contributed by atoms with E-state index in [1.165, 1.54) is 25.7 Å². The van der Waals surface area contributed by atoms with Crippen LogP contribution in [0.2, 0.25) is 0 Å². The van der Waals surface area contributed by atoms with Crippen LogP contribution in [-0.2, 0) is 0 Å². The van der Waals surface area contributed by atoms with Crippen LogP contribution in [-0.4, -0.2) is 0 Å². The van der Waals surface area contributed by atoms with Crippen molar-refractivity contribution in [2.75, 3.05) is 0 Å². The summed E-state index contributed by atoms with van der Waals surface area (Å²) in [6.07, 6.45) is 8.63. The van der Waals surface area contributed by atoms with Crippen LogP contribution in [0.1, 0.15) is 52.9 Å². The smallest absolute Gasteiger partial charge is 0.0269 e. The molecule has 0 heteroatoms. The van der Waals surface area contributed by atoms with Gasteiger partial charge in [0.2, 0.25) is 0 Å². The number of unbranched alkanes of at least 4 members (excludes halogenated alkanes) is 2. The third-order valence-electron chi connectivity index (χ3n) is 2.42. The second-order valence-corrected chi connectivity index (χ2v) is 3.79. The highest BCUT2D eigenvalue weighted by atomic mass is 14.2. The summed E-state index contributed by atoms with van der Waals surface area (Å²) in [7, 11) is 0. The van der Waals surface area contributed by atoms with Gasteiger partial charge in [0.05, 0.1) is 0 Å². The van der Waals surface area contributed by atoms with Gasteiger partial charge in [-0.1, -0.05) is 46.1 Å². The maximum atomic E-state index is 3.80. The summed E-state index contributed by atoms with van der Waals surface area (Å²) in [5.41, 5.74) is 0. The molecule has 0 saturated carbocycles. The molecule has 0 aliphatic rings. The van der Waals surface area contributed by atoms with Crippen LogP contribution < -0.4 is 0 Å². The largest absolute Gasteiger partial charge is 0.103 e. The van der Waals surface area contributed by atoms with Gasteiger partial charge in [-0.05, 0) is 24.7 Å². The molecule has 1 unspecified atom stereocenters. The Hall–Kier alpha value is -0.260. The topological polar surface area (TPSA) is 0 Å². The molecule has 1 radical (unpaired) electrons. The van der Waals surface area contributed by atoms with Crippen LogP contribution in [0.3, 0.4) is 0 Å². The summed E-state index contributed by atoms with van der Waals surface area (Å²) in [5, 5.41) is 0. The Labute approximate surface area is 78.1 Å². The van der Waals surface area contributed by atoms with E-state index in [0.29, 0.717) is 0 Å². The van der Waals surface area contributed by atoms with E-state index < -0.39 is 0 Å². The van der Waals surface area contributed by atoms with Crippen LogP contribution in [0.15, 0.2) is 12.7 Å². The van der Waals surface area contributed by atoms with Crippen molar-refractivity contribution in [1.82, 2.24) is 0 Å². The van der Waals surface area contributed by atoms with E-state index >= 15 is 0 Å². The highest BCUT2D eigenvalue weighted by Crippen LogP contribution is 2.23. The normalized spacial score (nSPS) is 13.3. The van der Waals surface area contributed by atoms with E-state index in [4.69, 9.17) is 0 Å². The van der Waals surface area contributed by atoms with Gasteiger partial charge in [0.25, 0.3) is 0 Å². The Morgan fingerprint density at radius 2 is 2.00 bits per heavy atom. The lowest BCUT2D eigenvalue weighted by Crippen LogP contribution is -2.05. The molecule has 0 aliphatic carbocycles. The molecule has 0 N–H and O–H groups in total. The van der Waals surface area contributed by atoms with Crippen molar-refractivity contribution in [3.63, 3.8) is 0 Å². The molecular weight excluding hydrogens is 144 g/mol. The molecule has 0 aromatic rings. The third-order valence-corrected chi connectivity index (χ3v) is 2.42. The molecule has 0 saturated heterocycles. The molecule has 71 valence electrons. The van der Waals surface area contributed by atoms with Gasteiger partial charge in [0.1, 0.15) is 0 Å². The summed E-state index contributed by atoms with van der Waals surface area (Å²) in [5.74, 6) is 2.35. The minimum absolute atomic E-state index is 0.786. The zero-order valence-corrected chi connectivity index (χ0v) is 8.90. The Morgan fingerprint density at radius 1 is 1.33 bits per heavy atom. The zero-order chi connectivity index (χ0) is 9.40.